The fourth-order valence-corrected chi connectivity index (χ4v) is 5.63. The van der Waals surface area contributed by atoms with E-state index >= 15 is 0 Å². The van der Waals surface area contributed by atoms with Gasteiger partial charge in [0.1, 0.15) is 11.9 Å². The van der Waals surface area contributed by atoms with Crippen LogP contribution in [0.2, 0.25) is 0 Å². The summed E-state index contributed by atoms with van der Waals surface area (Å²) in [4.78, 5) is 14.9. The lowest BCUT2D eigenvalue weighted by atomic mass is 9.86. The monoisotopic (exact) mass is 509 g/mol. The number of aliphatic hydroxyl groups excluding tert-OH is 2. The number of benzene rings is 1. The van der Waals surface area contributed by atoms with E-state index in [-0.39, 0.29) is 29.8 Å². The Morgan fingerprint density at radius 1 is 1.22 bits per heavy atom. The van der Waals surface area contributed by atoms with Crippen molar-refractivity contribution in [2.24, 2.45) is 11.8 Å². The molecule has 204 valence electrons. The van der Waals surface area contributed by atoms with E-state index < -0.39 is 12.2 Å². The topological polar surface area (TPSA) is 70.0 Å². The van der Waals surface area contributed by atoms with Gasteiger partial charge in [-0.25, -0.2) is 0 Å². The maximum Gasteiger partial charge on any atom is 0.222 e. The van der Waals surface area contributed by atoms with Crippen LogP contribution in [-0.4, -0.2) is 52.4 Å². The van der Waals surface area contributed by atoms with Gasteiger partial charge in [0.05, 0.1) is 12.2 Å². The molecule has 6 atom stereocenters. The highest BCUT2D eigenvalue weighted by atomic mass is 16.5. The van der Waals surface area contributed by atoms with E-state index in [0.717, 1.165) is 68.5 Å². The van der Waals surface area contributed by atoms with Crippen LogP contribution in [0.15, 0.2) is 30.4 Å². The number of hydrogen-bond acceptors (Lipinski definition) is 4. The Morgan fingerprint density at radius 2 is 1.95 bits per heavy atom. The summed E-state index contributed by atoms with van der Waals surface area (Å²) in [5.74, 6) is 7.15. The van der Waals surface area contributed by atoms with E-state index in [4.69, 9.17) is 4.74 Å². The van der Waals surface area contributed by atoms with E-state index in [2.05, 4.69) is 43.9 Å². The molecule has 1 heterocycles. The molecule has 3 rings (SSSR count). The smallest absolute Gasteiger partial charge is 0.222 e. The molecule has 0 radical (unpaired) electrons. The fourth-order valence-electron chi connectivity index (χ4n) is 5.63. The van der Waals surface area contributed by atoms with Gasteiger partial charge in [-0.05, 0) is 44.1 Å². The molecule has 1 aliphatic heterocycles. The van der Waals surface area contributed by atoms with E-state index in [1.807, 2.05) is 30.9 Å². The largest absolute Gasteiger partial charge is 0.489 e. The molecule has 0 spiro atoms. The number of nitrogens with zero attached hydrogens (tertiary/aromatic N) is 1. The number of aryl methyl sites for hydroxylation is 1. The zero-order valence-corrected chi connectivity index (χ0v) is 23.3. The molecular formula is C32H47NO4. The van der Waals surface area contributed by atoms with Crippen LogP contribution in [0.25, 0.3) is 0 Å². The van der Waals surface area contributed by atoms with Crippen LogP contribution < -0.4 is 4.74 Å². The molecule has 0 aromatic heterocycles. The van der Waals surface area contributed by atoms with Gasteiger partial charge in [0.25, 0.3) is 0 Å². The first-order chi connectivity index (χ1) is 17.9. The summed E-state index contributed by atoms with van der Waals surface area (Å²) in [6, 6.07) is 6.29. The van der Waals surface area contributed by atoms with Gasteiger partial charge in [-0.3, -0.25) is 4.79 Å². The van der Waals surface area contributed by atoms with Gasteiger partial charge in [-0.1, -0.05) is 64.0 Å². The lowest BCUT2D eigenvalue weighted by molar-refractivity contribution is -0.131. The zero-order valence-electron chi connectivity index (χ0n) is 23.3. The van der Waals surface area contributed by atoms with Crippen molar-refractivity contribution in [3.63, 3.8) is 0 Å². The first-order valence-corrected chi connectivity index (χ1v) is 14.4. The van der Waals surface area contributed by atoms with Crippen molar-refractivity contribution in [3.05, 3.63) is 41.5 Å². The molecule has 0 bridgehead atoms. The number of fused-ring (bicyclic) bond motifs is 3. The second-order valence-corrected chi connectivity index (χ2v) is 10.8. The number of unbranched alkanes of at least 4 members (excludes halogenated alkanes) is 2. The maximum absolute atomic E-state index is 12.9. The van der Waals surface area contributed by atoms with E-state index in [0.29, 0.717) is 19.3 Å². The van der Waals surface area contributed by atoms with E-state index in [9.17, 15) is 15.0 Å². The minimum atomic E-state index is -0.591. The fraction of sp³-hybridized carbons (Fsp3) is 0.656. The average molecular weight is 510 g/mol. The standard InChI is InChI=1S/C32H47NO4/c1-5-8-13-23(4)27(34)19-18-25-28(35)22-29-31(25)26-16-11-14-24(32(26)37-29)15-12-17-30(36)33(20-9-6-2)21-10-7-3/h11,14,16,18-19,23,25,27-29,31,34-35H,6-7,9-10,12-13,15,17,20-22H2,1-4H3/b19-18+/t23-,25+,27-,28-,29+,31+/m1/s1. The molecule has 1 aliphatic carbocycles. The van der Waals surface area contributed by atoms with Crippen molar-refractivity contribution in [1.29, 1.82) is 0 Å². The van der Waals surface area contributed by atoms with Gasteiger partial charge < -0.3 is 19.8 Å². The zero-order chi connectivity index (χ0) is 26.8. The molecular weight excluding hydrogens is 462 g/mol. The van der Waals surface area contributed by atoms with Crippen LogP contribution in [0.5, 0.6) is 5.75 Å². The Morgan fingerprint density at radius 3 is 2.62 bits per heavy atom. The Labute approximate surface area is 224 Å². The van der Waals surface area contributed by atoms with Crippen molar-refractivity contribution < 1.29 is 19.7 Å². The second kappa shape index (κ2) is 14.6. The number of carbonyl (C=O) groups excluding carboxylic acids is 1. The second-order valence-electron chi connectivity index (χ2n) is 10.8. The van der Waals surface area contributed by atoms with Crippen LogP contribution in [0, 0.1) is 23.7 Å². The number of para-hydroxylation sites is 1. The highest BCUT2D eigenvalue weighted by Crippen LogP contribution is 2.52. The van der Waals surface area contributed by atoms with Crippen molar-refractivity contribution >= 4 is 5.91 Å². The summed E-state index contributed by atoms with van der Waals surface area (Å²) in [6.07, 6.45) is 10.4. The summed E-state index contributed by atoms with van der Waals surface area (Å²) < 4.78 is 6.41. The lowest BCUT2D eigenvalue weighted by Crippen LogP contribution is -2.32. The van der Waals surface area contributed by atoms with E-state index in [1.54, 1.807) is 0 Å². The molecule has 5 nitrogen and oxygen atoms in total. The van der Waals surface area contributed by atoms with Crippen LogP contribution >= 0.6 is 0 Å². The minimum absolute atomic E-state index is 0.0411. The summed E-state index contributed by atoms with van der Waals surface area (Å²) >= 11 is 0. The van der Waals surface area contributed by atoms with Crippen molar-refractivity contribution in [3.8, 4) is 17.6 Å². The molecule has 5 heteroatoms. The predicted molar refractivity (Wildman–Crippen MR) is 149 cm³/mol. The van der Waals surface area contributed by atoms with Crippen molar-refractivity contribution in [2.45, 2.75) is 110 Å². The molecule has 37 heavy (non-hydrogen) atoms. The van der Waals surface area contributed by atoms with Gasteiger partial charge in [0, 0.05) is 49.8 Å². The summed E-state index contributed by atoms with van der Waals surface area (Å²) in [5.41, 5.74) is 2.30. The summed E-state index contributed by atoms with van der Waals surface area (Å²) in [7, 11) is 0. The first-order valence-electron chi connectivity index (χ1n) is 14.4. The Balaban J connectivity index is 1.64. The predicted octanol–water partition coefficient (Wildman–Crippen LogP) is 5.63. The SMILES string of the molecule is CC#CC[C@@H](C)[C@H](O)/C=C/[C@@H]1[C@H]2c3cccc(CCCC(=O)N(CCCC)CCCC)c3O[C@H]2C[C@H]1O. The highest BCUT2D eigenvalue weighted by Gasteiger charge is 2.48. The highest BCUT2D eigenvalue weighted by molar-refractivity contribution is 5.76. The third-order valence-electron chi connectivity index (χ3n) is 7.96. The number of hydrogen-bond donors (Lipinski definition) is 2. The summed E-state index contributed by atoms with van der Waals surface area (Å²) in [5, 5.41) is 21.3. The van der Waals surface area contributed by atoms with Crippen LogP contribution in [-0.2, 0) is 11.2 Å². The molecule has 1 aromatic rings. The summed E-state index contributed by atoms with van der Waals surface area (Å²) in [6.45, 7) is 9.85. The minimum Gasteiger partial charge on any atom is -0.489 e. The molecule has 0 saturated heterocycles. The Bertz CT molecular complexity index is 953. The van der Waals surface area contributed by atoms with Crippen LogP contribution in [0.1, 0.15) is 96.1 Å². The Hall–Kier alpha value is -2.29. The number of rotatable bonds is 14. The van der Waals surface area contributed by atoms with Gasteiger partial charge in [0.2, 0.25) is 5.91 Å². The molecule has 1 aromatic carbocycles. The van der Waals surface area contributed by atoms with Gasteiger partial charge >= 0.3 is 0 Å². The third-order valence-corrected chi connectivity index (χ3v) is 7.96. The van der Waals surface area contributed by atoms with Crippen molar-refractivity contribution in [2.75, 3.05) is 13.1 Å². The molecule has 2 aliphatic rings. The van der Waals surface area contributed by atoms with Gasteiger partial charge in [-0.2, -0.15) is 0 Å². The number of carbonyl (C=O) groups is 1. The molecule has 0 unspecified atom stereocenters. The van der Waals surface area contributed by atoms with Gasteiger partial charge in [-0.15, -0.1) is 11.8 Å². The number of ether oxygens (including phenoxy) is 1. The Kier molecular flexibility index (Phi) is 11.5. The lowest BCUT2D eigenvalue weighted by Gasteiger charge is -2.22. The normalized spacial score (nSPS) is 23.6. The number of amides is 1. The van der Waals surface area contributed by atoms with Crippen LogP contribution in [0.4, 0.5) is 0 Å². The molecule has 2 N–H and O–H groups in total. The van der Waals surface area contributed by atoms with E-state index in [1.165, 1.54) is 0 Å². The maximum atomic E-state index is 12.9. The molecule has 1 fully saturated rings. The molecule has 1 amide bonds. The third kappa shape index (κ3) is 7.62. The van der Waals surface area contributed by atoms with Crippen LogP contribution in [0.3, 0.4) is 0 Å². The van der Waals surface area contributed by atoms with Gasteiger partial charge in [0.15, 0.2) is 0 Å². The first kappa shape index (κ1) is 29.3. The van der Waals surface area contributed by atoms with Crippen molar-refractivity contribution in [1.82, 2.24) is 4.90 Å². The number of aliphatic hydroxyl groups is 2. The quantitative estimate of drug-likeness (QED) is 0.252. The molecule has 1 saturated carbocycles. The average Bonchev–Trinajstić information content (AvgIpc) is 3.40.